The third kappa shape index (κ3) is 4.21. The van der Waals surface area contributed by atoms with Crippen LogP contribution in [0.25, 0.3) is 0 Å². The Balaban J connectivity index is 1.58. The van der Waals surface area contributed by atoms with Crippen molar-refractivity contribution in [1.82, 2.24) is 15.5 Å². The normalized spacial score (nSPS) is 19.6. The molecule has 0 unspecified atom stereocenters. The SMILES string of the molecule is COC/N=C/c1ccc(C#C[C@]2(CN3Cc4ccc(OC)cc4C3=O)NC(=O)NC2=O)s1. The summed E-state index contributed by atoms with van der Waals surface area (Å²) >= 11 is 1.39. The van der Waals surface area contributed by atoms with Gasteiger partial charge in [-0.15, -0.1) is 11.3 Å². The number of aliphatic imine (C=N–C) groups is 1. The van der Waals surface area contributed by atoms with Gasteiger partial charge in [0.1, 0.15) is 12.5 Å². The number of imide groups is 1. The molecule has 2 aliphatic heterocycles. The van der Waals surface area contributed by atoms with Crippen molar-refractivity contribution in [1.29, 1.82) is 0 Å². The molecule has 32 heavy (non-hydrogen) atoms. The molecule has 2 N–H and O–H groups in total. The van der Waals surface area contributed by atoms with Crippen LogP contribution in [0.1, 0.15) is 25.7 Å². The van der Waals surface area contributed by atoms with Crippen LogP contribution < -0.4 is 15.4 Å². The first-order valence-corrected chi connectivity index (χ1v) is 10.5. The van der Waals surface area contributed by atoms with Gasteiger partial charge in [-0.25, -0.2) is 4.79 Å². The highest BCUT2D eigenvalue weighted by molar-refractivity contribution is 7.14. The molecule has 1 atom stereocenters. The van der Waals surface area contributed by atoms with Gasteiger partial charge in [-0.1, -0.05) is 17.9 Å². The van der Waals surface area contributed by atoms with Gasteiger partial charge < -0.3 is 19.7 Å². The minimum Gasteiger partial charge on any atom is -0.497 e. The second-order valence-electron chi connectivity index (χ2n) is 7.18. The smallest absolute Gasteiger partial charge is 0.323 e. The molecule has 4 amide bonds. The predicted octanol–water partition coefficient (Wildman–Crippen LogP) is 1.37. The first-order valence-electron chi connectivity index (χ1n) is 9.65. The molecule has 0 bridgehead atoms. The number of amides is 4. The Morgan fingerprint density at radius 1 is 1.25 bits per heavy atom. The van der Waals surface area contributed by atoms with Crippen LogP contribution in [-0.2, 0) is 16.1 Å². The zero-order valence-corrected chi connectivity index (χ0v) is 18.2. The Labute approximate surface area is 188 Å². The fraction of sp³-hybridized carbons (Fsp3) is 0.273. The van der Waals surface area contributed by atoms with Crippen molar-refractivity contribution in [3.05, 3.63) is 51.2 Å². The van der Waals surface area contributed by atoms with Crippen molar-refractivity contribution in [2.24, 2.45) is 4.99 Å². The summed E-state index contributed by atoms with van der Waals surface area (Å²) < 4.78 is 10.1. The molecule has 0 spiro atoms. The standard InChI is InChI=1S/C22H20N4O5S/c1-30-13-23-10-17-6-5-16(32-17)7-8-22(20(28)24-21(29)25-22)12-26-11-14-3-4-15(31-2)9-18(14)19(26)27/h3-6,9-10H,11-13H2,1-2H3,(H2,24,25,28,29)/b23-10+/t22-/m1/s1. The van der Waals surface area contributed by atoms with E-state index in [4.69, 9.17) is 9.47 Å². The van der Waals surface area contributed by atoms with E-state index in [2.05, 4.69) is 27.5 Å². The van der Waals surface area contributed by atoms with Crippen LogP contribution in [-0.4, -0.2) is 62.0 Å². The fourth-order valence-electron chi connectivity index (χ4n) is 3.47. The Hall–Kier alpha value is -3.68. The topological polar surface area (TPSA) is 109 Å². The number of benzene rings is 1. The van der Waals surface area contributed by atoms with Gasteiger partial charge in [0.2, 0.25) is 5.54 Å². The number of hydrogen-bond donors (Lipinski definition) is 2. The van der Waals surface area contributed by atoms with E-state index >= 15 is 0 Å². The summed E-state index contributed by atoms with van der Waals surface area (Å²) in [5.41, 5.74) is -0.218. The summed E-state index contributed by atoms with van der Waals surface area (Å²) in [6.07, 6.45) is 1.67. The summed E-state index contributed by atoms with van der Waals surface area (Å²) in [7, 11) is 3.09. The molecule has 0 aliphatic carbocycles. The maximum Gasteiger partial charge on any atom is 0.323 e. The molecule has 1 aromatic carbocycles. The first kappa shape index (κ1) is 21.5. The number of carbonyl (C=O) groups is 3. The lowest BCUT2D eigenvalue weighted by Gasteiger charge is -2.26. The van der Waals surface area contributed by atoms with Gasteiger partial charge in [-0.3, -0.25) is 19.9 Å². The second-order valence-corrected chi connectivity index (χ2v) is 8.29. The molecule has 164 valence electrons. The molecule has 3 heterocycles. The lowest BCUT2D eigenvalue weighted by molar-refractivity contribution is -0.122. The number of rotatable bonds is 6. The van der Waals surface area contributed by atoms with Gasteiger partial charge >= 0.3 is 6.03 Å². The predicted molar refractivity (Wildman–Crippen MR) is 118 cm³/mol. The molecule has 9 nitrogen and oxygen atoms in total. The van der Waals surface area contributed by atoms with E-state index in [1.807, 2.05) is 12.1 Å². The van der Waals surface area contributed by atoms with Crippen LogP contribution in [0.3, 0.4) is 0 Å². The van der Waals surface area contributed by atoms with Gasteiger partial charge in [0.15, 0.2) is 0 Å². The lowest BCUT2D eigenvalue weighted by Crippen LogP contribution is -2.54. The molecule has 1 saturated heterocycles. The Morgan fingerprint density at radius 3 is 2.81 bits per heavy atom. The van der Waals surface area contributed by atoms with Crippen LogP contribution in [0.15, 0.2) is 35.3 Å². The number of nitrogens with one attached hydrogen (secondary N) is 2. The van der Waals surface area contributed by atoms with Gasteiger partial charge in [0.05, 0.1) is 18.5 Å². The third-order valence-electron chi connectivity index (χ3n) is 5.01. The molecular formula is C22H20N4O5S. The van der Waals surface area contributed by atoms with Crippen molar-refractivity contribution in [2.75, 3.05) is 27.5 Å². The lowest BCUT2D eigenvalue weighted by atomic mass is 9.99. The number of fused-ring (bicyclic) bond motifs is 1. The number of hydrogen-bond acceptors (Lipinski definition) is 7. The molecule has 0 radical (unpaired) electrons. The summed E-state index contributed by atoms with van der Waals surface area (Å²) in [6, 6.07) is 8.27. The van der Waals surface area contributed by atoms with E-state index in [9.17, 15) is 14.4 Å². The minimum atomic E-state index is -1.55. The van der Waals surface area contributed by atoms with E-state index in [1.54, 1.807) is 31.5 Å². The molecular weight excluding hydrogens is 432 g/mol. The van der Waals surface area contributed by atoms with Gasteiger partial charge in [0, 0.05) is 30.3 Å². The highest BCUT2D eigenvalue weighted by Gasteiger charge is 2.48. The fourth-order valence-corrected chi connectivity index (χ4v) is 4.23. The van der Waals surface area contributed by atoms with Crippen LogP contribution in [0, 0.1) is 11.8 Å². The van der Waals surface area contributed by atoms with Crippen LogP contribution in [0.4, 0.5) is 4.79 Å². The largest absolute Gasteiger partial charge is 0.497 e. The highest BCUT2D eigenvalue weighted by Crippen LogP contribution is 2.28. The molecule has 1 aromatic heterocycles. The zero-order chi connectivity index (χ0) is 22.7. The maximum absolute atomic E-state index is 12.9. The molecule has 0 saturated carbocycles. The van der Waals surface area contributed by atoms with E-state index in [0.717, 1.165) is 10.4 Å². The van der Waals surface area contributed by atoms with Gasteiger partial charge in [-0.2, -0.15) is 0 Å². The van der Waals surface area contributed by atoms with Gasteiger partial charge in [-0.05, 0) is 29.8 Å². The molecule has 10 heteroatoms. The molecule has 2 aliphatic rings. The Kier molecular flexibility index (Phi) is 5.94. The number of carbonyl (C=O) groups excluding carboxylic acids is 3. The summed E-state index contributed by atoms with van der Waals surface area (Å²) in [4.78, 5) is 44.7. The zero-order valence-electron chi connectivity index (χ0n) is 17.4. The quantitative estimate of drug-likeness (QED) is 0.391. The summed E-state index contributed by atoms with van der Waals surface area (Å²) in [5, 5.41) is 4.83. The number of methoxy groups -OCH3 is 2. The first-order chi connectivity index (χ1) is 15.4. The molecule has 2 aromatic rings. The van der Waals surface area contributed by atoms with E-state index in [1.165, 1.54) is 23.3 Å². The third-order valence-corrected chi connectivity index (χ3v) is 5.95. The number of thiophene rings is 1. The van der Waals surface area contributed by atoms with Crippen LogP contribution >= 0.6 is 11.3 Å². The number of ether oxygens (including phenoxy) is 2. The number of urea groups is 1. The van der Waals surface area contributed by atoms with E-state index in [-0.39, 0.29) is 19.2 Å². The Bertz CT molecular complexity index is 1180. The average molecular weight is 452 g/mol. The van der Waals surface area contributed by atoms with Crippen molar-refractivity contribution in [3.8, 4) is 17.6 Å². The van der Waals surface area contributed by atoms with Crippen molar-refractivity contribution >= 4 is 35.4 Å². The average Bonchev–Trinajstić information content (AvgIpc) is 3.43. The second kappa shape index (κ2) is 8.82. The van der Waals surface area contributed by atoms with E-state index in [0.29, 0.717) is 22.7 Å². The van der Waals surface area contributed by atoms with E-state index < -0.39 is 17.5 Å². The molecule has 4 rings (SSSR count). The number of nitrogens with zero attached hydrogens (tertiary/aromatic N) is 2. The van der Waals surface area contributed by atoms with Crippen LogP contribution in [0.2, 0.25) is 0 Å². The van der Waals surface area contributed by atoms with Gasteiger partial charge in [0.25, 0.3) is 11.8 Å². The maximum atomic E-state index is 12.9. The summed E-state index contributed by atoms with van der Waals surface area (Å²) in [6.45, 7) is 0.483. The monoisotopic (exact) mass is 452 g/mol. The molecule has 1 fully saturated rings. The summed E-state index contributed by atoms with van der Waals surface area (Å²) in [5.74, 6) is 5.59. The van der Waals surface area contributed by atoms with Crippen molar-refractivity contribution in [2.45, 2.75) is 12.1 Å². The highest BCUT2D eigenvalue weighted by atomic mass is 32.1. The van der Waals surface area contributed by atoms with Crippen molar-refractivity contribution < 1.29 is 23.9 Å². The Morgan fingerprint density at radius 2 is 2.09 bits per heavy atom. The van der Waals surface area contributed by atoms with Crippen LogP contribution in [0.5, 0.6) is 5.75 Å². The van der Waals surface area contributed by atoms with Crippen molar-refractivity contribution in [3.63, 3.8) is 0 Å². The minimum absolute atomic E-state index is 0.0824.